The van der Waals surface area contributed by atoms with E-state index in [1.54, 1.807) is 11.3 Å². The summed E-state index contributed by atoms with van der Waals surface area (Å²) < 4.78 is 6.57. The van der Waals surface area contributed by atoms with Gasteiger partial charge in [0.1, 0.15) is 16.0 Å². The minimum absolute atomic E-state index is 0.229. The maximum absolute atomic E-state index is 9.52. The van der Waals surface area contributed by atoms with E-state index in [2.05, 4.69) is 21.3 Å². The van der Waals surface area contributed by atoms with Gasteiger partial charge in [-0.15, -0.1) is 11.3 Å². The summed E-state index contributed by atoms with van der Waals surface area (Å²) in [5.41, 5.74) is 1.69. The molecule has 0 bridgehead atoms. The van der Waals surface area contributed by atoms with E-state index in [4.69, 9.17) is 26.3 Å². The van der Waals surface area contributed by atoms with E-state index in [9.17, 15) is 5.11 Å². The molecule has 1 aliphatic carbocycles. The molecule has 30 heavy (non-hydrogen) atoms. The normalized spacial score (nSPS) is 22.0. The minimum Gasteiger partial charge on any atom is -0.396 e. The van der Waals surface area contributed by atoms with Gasteiger partial charge in [-0.05, 0) is 37.3 Å². The number of nitrogens with one attached hydrogen (secondary N) is 1. The average molecular weight is 446 g/mol. The first-order chi connectivity index (χ1) is 14.7. The van der Waals surface area contributed by atoms with Crippen molar-refractivity contribution in [1.82, 2.24) is 15.0 Å². The second kappa shape index (κ2) is 8.63. The van der Waals surface area contributed by atoms with E-state index < -0.39 is 0 Å². The van der Waals surface area contributed by atoms with Crippen LogP contribution in [0.1, 0.15) is 19.3 Å². The van der Waals surface area contributed by atoms with Gasteiger partial charge in [-0.1, -0.05) is 23.7 Å². The van der Waals surface area contributed by atoms with Gasteiger partial charge in [-0.25, -0.2) is 9.97 Å². The molecule has 3 aromatic rings. The number of ether oxygens (including phenoxy) is 1. The van der Waals surface area contributed by atoms with Gasteiger partial charge >= 0.3 is 0 Å². The van der Waals surface area contributed by atoms with Gasteiger partial charge < -0.3 is 20.1 Å². The average Bonchev–Trinajstić information content (AvgIpc) is 3.40. The van der Waals surface area contributed by atoms with Crippen LogP contribution in [0, 0.1) is 5.92 Å². The third-order valence-electron chi connectivity index (χ3n) is 5.80. The van der Waals surface area contributed by atoms with Crippen LogP contribution in [0.3, 0.4) is 0 Å². The highest BCUT2D eigenvalue weighted by Gasteiger charge is 2.28. The number of anilines is 2. The molecule has 2 atom stereocenters. The van der Waals surface area contributed by atoms with Crippen molar-refractivity contribution in [3.63, 3.8) is 0 Å². The Hall–Kier alpha value is -2.00. The Kier molecular flexibility index (Phi) is 5.73. The quantitative estimate of drug-likeness (QED) is 0.577. The van der Waals surface area contributed by atoms with Crippen molar-refractivity contribution in [3.8, 4) is 10.6 Å². The molecular weight excluding hydrogens is 422 g/mol. The zero-order valence-electron chi connectivity index (χ0n) is 16.6. The fourth-order valence-electron chi connectivity index (χ4n) is 4.17. The van der Waals surface area contributed by atoms with Crippen LogP contribution >= 0.6 is 22.9 Å². The molecule has 0 spiro atoms. The summed E-state index contributed by atoms with van der Waals surface area (Å²) in [5.74, 6) is 1.68. The third kappa shape index (κ3) is 3.97. The van der Waals surface area contributed by atoms with Gasteiger partial charge in [-0.2, -0.15) is 4.98 Å². The number of morpholine rings is 1. The van der Waals surface area contributed by atoms with Crippen LogP contribution < -0.4 is 10.2 Å². The first kappa shape index (κ1) is 19.9. The largest absolute Gasteiger partial charge is 0.396 e. The van der Waals surface area contributed by atoms with E-state index in [0.717, 1.165) is 59.0 Å². The molecule has 7 nitrogen and oxygen atoms in total. The molecule has 2 aromatic heterocycles. The summed E-state index contributed by atoms with van der Waals surface area (Å²) in [4.78, 5) is 16.4. The van der Waals surface area contributed by atoms with Crippen molar-refractivity contribution in [2.75, 3.05) is 43.1 Å². The summed E-state index contributed by atoms with van der Waals surface area (Å²) >= 11 is 8.33. The number of thiazole rings is 1. The molecule has 5 rings (SSSR count). The Bertz CT molecular complexity index is 1010. The van der Waals surface area contributed by atoms with Crippen molar-refractivity contribution in [2.24, 2.45) is 5.92 Å². The fourth-order valence-corrected chi connectivity index (χ4v) is 5.49. The monoisotopic (exact) mass is 445 g/mol. The van der Waals surface area contributed by atoms with Crippen LogP contribution in [0.2, 0.25) is 5.15 Å². The maximum atomic E-state index is 9.52. The molecule has 2 fully saturated rings. The number of para-hydroxylation sites is 1. The summed E-state index contributed by atoms with van der Waals surface area (Å²) in [5, 5.41) is 14.3. The Labute approximate surface area is 184 Å². The van der Waals surface area contributed by atoms with E-state index in [1.807, 2.05) is 18.2 Å². The van der Waals surface area contributed by atoms with Crippen molar-refractivity contribution >= 4 is 44.9 Å². The summed E-state index contributed by atoms with van der Waals surface area (Å²) in [6, 6.07) is 8.30. The Balaban J connectivity index is 1.55. The molecule has 0 radical (unpaired) electrons. The zero-order chi connectivity index (χ0) is 20.5. The Morgan fingerprint density at radius 1 is 1.17 bits per heavy atom. The summed E-state index contributed by atoms with van der Waals surface area (Å²) in [6.07, 6.45) is 2.93. The zero-order valence-corrected chi connectivity index (χ0v) is 18.1. The van der Waals surface area contributed by atoms with Gasteiger partial charge in [-0.3, -0.25) is 0 Å². The van der Waals surface area contributed by atoms with Gasteiger partial charge in [0.15, 0.2) is 0 Å². The molecule has 1 saturated carbocycles. The topological polar surface area (TPSA) is 83.4 Å². The molecule has 2 N–H and O–H groups in total. The first-order valence-electron chi connectivity index (χ1n) is 10.3. The van der Waals surface area contributed by atoms with E-state index >= 15 is 0 Å². The van der Waals surface area contributed by atoms with E-state index in [-0.39, 0.29) is 12.6 Å². The smallest absolute Gasteiger partial charge is 0.228 e. The lowest BCUT2D eigenvalue weighted by Crippen LogP contribution is -2.37. The second-order valence-corrected chi connectivity index (χ2v) is 9.22. The second-order valence-electron chi connectivity index (χ2n) is 7.83. The van der Waals surface area contributed by atoms with Crippen LogP contribution in [-0.4, -0.2) is 59.0 Å². The molecule has 9 heteroatoms. The van der Waals surface area contributed by atoms with Crippen molar-refractivity contribution < 1.29 is 9.84 Å². The number of fused-ring (bicyclic) bond motifs is 1. The standard InChI is InChI=1S/C21H24ClN5O2S/c22-18-17(20-24-15-3-1-2-4-16(15)30-20)19(23-14-6-5-13(11-14)12-28)26-21(25-18)27-7-9-29-10-8-27/h1-4,13-14,28H,5-12H2,(H,23,25,26). The van der Waals surface area contributed by atoms with Gasteiger partial charge in [0.05, 0.1) is 29.0 Å². The highest BCUT2D eigenvalue weighted by molar-refractivity contribution is 7.21. The number of hydrogen-bond donors (Lipinski definition) is 2. The lowest BCUT2D eigenvalue weighted by molar-refractivity contribution is 0.122. The fraction of sp³-hybridized carbons (Fsp3) is 0.476. The van der Waals surface area contributed by atoms with Crippen molar-refractivity contribution in [1.29, 1.82) is 0 Å². The Morgan fingerprint density at radius 3 is 2.77 bits per heavy atom. The first-order valence-corrected chi connectivity index (χ1v) is 11.5. The number of aliphatic hydroxyl groups is 1. The number of aromatic nitrogens is 3. The minimum atomic E-state index is 0.229. The van der Waals surface area contributed by atoms with Gasteiger partial charge in [0.2, 0.25) is 5.95 Å². The predicted octanol–water partition coefficient (Wildman–Crippen LogP) is 3.82. The molecule has 1 saturated heterocycles. The maximum Gasteiger partial charge on any atom is 0.228 e. The van der Waals surface area contributed by atoms with Crippen molar-refractivity contribution in [2.45, 2.75) is 25.3 Å². The van der Waals surface area contributed by atoms with Crippen LogP contribution in [0.25, 0.3) is 20.8 Å². The SMILES string of the molecule is OCC1CCC(Nc2nc(N3CCOCC3)nc(Cl)c2-c2nc3ccccc3s2)C1. The molecular formula is C21H24ClN5O2S. The van der Waals surface area contributed by atoms with Crippen LogP contribution in [0.5, 0.6) is 0 Å². The summed E-state index contributed by atoms with van der Waals surface area (Å²) in [6.45, 7) is 3.03. The van der Waals surface area contributed by atoms with Crippen molar-refractivity contribution in [3.05, 3.63) is 29.4 Å². The number of rotatable bonds is 5. The molecule has 1 aliphatic heterocycles. The third-order valence-corrected chi connectivity index (χ3v) is 7.12. The Morgan fingerprint density at radius 2 is 2.00 bits per heavy atom. The van der Waals surface area contributed by atoms with E-state index in [1.165, 1.54) is 0 Å². The lowest BCUT2D eigenvalue weighted by atomic mass is 10.1. The van der Waals surface area contributed by atoms with E-state index in [0.29, 0.717) is 30.2 Å². The van der Waals surface area contributed by atoms with Crippen LogP contribution in [-0.2, 0) is 4.74 Å². The highest BCUT2D eigenvalue weighted by Crippen LogP contribution is 2.40. The number of nitrogens with zero attached hydrogens (tertiary/aromatic N) is 4. The molecule has 158 valence electrons. The lowest BCUT2D eigenvalue weighted by Gasteiger charge is -2.28. The molecule has 2 aliphatic rings. The molecule has 0 amide bonds. The predicted molar refractivity (Wildman–Crippen MR) is 121 cm³/mol. The highest BCUT2D eigenvalue weighted by atomic mass is 35.5. The van der Waals surface area contributed by atoms with Crippen LogP contribution in [0.4, 0.5) is 11.8 Å². The number of hydrogen-bond acceptors (Lipinski definition) is 8. The molecule has 1 aromatic carbocycles. The summed E-state index contributed by atoms with van der Waals surface area (Å²) in [7, 11) is 0. The molecule has 3 heterocycles. The number of benzene rings is 1. The number of aliphatic hydroxyl groups excluding tert-OH is 1. The van der Waals surface area contributed by atoms with Gasteiger partial charge in [0.25, 0.3) is 0 Å². The van der Waals surface area contributed by atoms with Crippen LogP contribution in [0.15, 0.2) is 24.3 Å². The molecule has 2 unspecified atom stereocenters. The van der Waals surface area contributed by atoms with Gasteiger partial charge in [0, 0.05) is 25.7 Å². The number of halogens is 1.